The minimum absolute atomic E-state index is 0.474. The van der Waals surface area contributed by atoms with Crippen LogP contribution in [0.4, 0.5) is 10.8 Å². The van der Waals surface area contributed by atoms with E-state index in [1.165, 1.54) is 0 Å². The summed E-state index contributed by atoms with van der Waals surface area (Å²) in [4.78, 5) is 4.53. The monoisotopic (exact) mass is 450 g/mol. The van der Waals surface area contributed by atoms with Crippen molar-refractivity contribution >= 4 is 87.4 Å². The summed E-state index contributed by atoms with van der Waals surface area (Å²) in [5, 5.41) is 4.94. The molecule has 3 aromatic rings. The fraction of sp³-hybridized carbons (Fsp3) is 0. The standard InChI is InChI=1S/C13H6Br2Cl2N2S/c14-6-1-4-10-9(5-6)19-13(20-10)18-8-3-2-7(15)11(16)12(8)17/h1-5H,(H,18,19). The molecule has 0 spiro atoms. The third kappa shape index (κ3) is 2.83. The van der Waals surface area contributed by atoms with Crippen molar-refractivity contribution in [3.63, 3.8) is 0 Å². The molecule has 7 heteroatoms. The number of thiazole rings is 1. The number of hydrogen-bond acceptors (Lipinski definition) is 3. The van der Waals surface area contributed by atoms with Crippen molar-refractivity contribution in [3.05, 3.63) is 49.3 Å². The number of hydrogen-bond donors (Lipinski definition) is 1. The first-order valence-electron chi connectivity index (χ1n) is 5.51. The number of rotatable bonds is 2. The number of nitrogens with one attached hydrogen (secondary N) is 1. The Morgan fingerprint density at radius 2 is 1.85 bits per heavy atom. The van der Waals surface area contributed by atoms with Gasteiger partial charge in [0.05, 0.1) is 25.9 Å². The minimum atomic E-state index is 0.474. The number of aromatic nitrogens is 1. The van der Waals surface area contributed by atoms with Crippen LogP contribution in [0.1, 0.15) is 0 Å². The molecule has 0 saturated carbocycles. The van der Waals surface area contributed by atoms with Gasteiger partial charge in [0.15, 0.2) is 5.13 Å². The first-order valence-corrected chi connectivity index (χ1v) is 8.67. The Balaban J connectivity index is 1.99. The molecule has 0 fully saturated rings. The van der Waals surface area contributed by atoms with E-state index in [9.17, 15) is 0 Å². The van der Waals surface area contributed by atoms with E-state index in [1.54, 1.807) is 11.3 Å². The number of halogens is 4. The van der Waals surface area contributed by atoms with Crippen molar-refractivity contribution < 1.29 is 0 Å². The van der Waals surface area contributed by atoms with E-state index in [0.29, 0.717) is 10.0 Å². The Kier molecular flexibility index (Phi) is 4.24. The van der Waals surface area contributed by atoms with Crippen molar-refractivity contribution in [2.24, 2.45) is 0 Å². The summed E-state index contributed by atoms with van der Waals surface area (Å²) < 4.78 is 2.88. The maximum atomic E-state index is 6.22. The van der Waals surface area contributed by atoms with Crippen LogP contribution in [0, 0.1) is 0 Å². The Morgan fingerprint density at radius 1 is 1.05 bits per heavy atom. The van der Waals surface area contributed by atoms with Gasteiger partial charge in [0.25, 0.3) is 0 Å². The summed E-state index contributed by atoms with van der Waals surface area (Å²) in [6.45, 7) is 0. The molecule has 2 nitrogen and oxygen atoms in total. The third-order valence-electron chi connectivity index (χ3n) is 2.63. The van der Waals surface area contributed by atoms with Crippen LogP contribution in [-0.4, -0.2) is 4.98 Å². The van der Waals surface area contributed by atoms with Crippen LogP contribution in [0.15, 0.2) is 39.3 Å². The van der Waals surface area contributed by atoms with E-state index in [2.05, 4.69) is 42.2 Å². The number of nitrogens with zero attached hydrogens (tertiary/aromatic N) is 1. The van der Waals surface area contributed by atoms with Crippen LogP contribution < -0.4 is 5.32 Å². The number of anilines is 2. The van der Waals surface area contributed by atoms with Crippen LogP contribution in [0.5, 0.6) is 0 Å². The second-order valence-corrected chi connectivity index (χ2v) is 7.54. The van der Waals surface area contributed by atoms with Crippen molar-refractivity contribution in [1.29, 1.82) is 0 Å². The molecule has 0 amide bonds. The van der Waals surface area contributed by atoms with Gasteiger partial charge in [-0.1, -0.05) is 50.5 Å². The molecule has 2 aromatic carbocycles. The number of fused-ring (bicyclic) bond motifs is 1. The molecule has 0 radical (unpaired) electrons. The zero-order valence-electron chi connectivity index (χ0n) is 9.75. The Bertz CT molecular complexity index is 804. The van der Waals surface area contributed by atoms with E-state index in [-0.39, 0.29) is 0 Å². The van der Waals surface area contributed by atoms with Crippen LogP contribution in [-0.2, 0) is 0 Å². The fourth-order valence-electron chi connectivity index (χ4n) is 1.69. The molecule has 0 saturated heterocycles. The topological polar surface area (TPSA) is 24.9 Å². The Morgan fingerprint density at radius 3 is 2.65 bits per heavy atom. The highest BCUT2D eigenvalue weighted by atomic mass is 79.9. The molecular formula is C13H6Br2Cl2N2S. The molecule has 0 aliphatic heterocycles. The molecule has 0 bridgehead atoms. The summed E-state index contributed by atoms with van der Waals surface area (Å²) in [6, 6.07) is 9.71. The fourth-order valence-corrected chi connectivity index (χ4v) is 3.72. The van der Waals surface area contributed by atoms with Crippen LogP contribution in [0.3, 0.4) is 0 Å². The number of benzene rings is 2. The lowest BCUT2D eigenvalue weighted by atomic mass is 10.3. The lowest BCUT2D eigenvalue weighted by molar-refractivity contribution is 1.44. The van der Waals surface area contributed by atoms with E-state index in [1.807, 2.05) is 30.3 Å². The van der Waals surface area contributed by atoms with Gasteiger partial charge in [0.1, 0.15) is 0 Å². The largest absolute Gasteiger partial charge is 0.330 e. The predicted molar refractivity (Wildman–Crippen MR) is 94.8 cm³/mol. The van der Waals surface area contributed by atoms with Gasteiger partial charge in [-0.2, -0.15) is 0 Å². The van der Waals surface area contributed by atoms with E-state index < -0.39 is 0 Å². The zero-order chi connectivity index (χ0) is 14.3. The summed E-state index contributed by atoms with van der Waals surface area (Å²) in [6.07, 6.45) is 0. The first kappa shape index (κ1) is 14.6. The predicted octanol–water partition coefficient (Wildman–Crippen LogP) is 6.87. The van der Waals surface area contributed by atoms with E-state index in [0.717, 1.165) is 30.0 Å². The van der Waals surface area contributed by atoms with Crippen molar-refractivity contribution in [3.8, 4) is 0 Å². The van der Waals surface area contributed by atoms with Gasteiger partial charge >= 0.3 is 0 Å². The summed E-state index contributed by atoms with van der Waals surface area (Å²) in [7, 11) is 0. The van der Waals surface area contributed by atoms with Gasteiger partial charge in [-0.05, 0) is 46.3 Å². The van der Waals surface area contributed by atoms with Gasteiger partial charge in [-0.15, -0.1) is 0 Å². The Labute approximate surface area is 146 Å². The smallest absolute Gasteiger partial charge is 0.188 e. The normalized spacial score (nSPS) is 11.0. The lowest BCUT2D eigenvalue weighted by Gasteiger charge is -2.07. The van der Waals surface area contributed by atoms with Crippen LogP contribution in [0.25, 0.3) is 10.2 Å². The molecule has 0 unspecified atom stereocenters. The van der Waals surface area contributed by atoms with Gasteiger partial charge < -0.3 is 5.32 Å². The quantitative estimate of drug-likeness (QED) is 0.429. The molecule has 0 aliphatic carbocycles. The molecule has 1 heterocycles. The molecule has 20 heavy (non-hydrogen) atoms. The highest BCUT2D eigenvalue weighted by Crippen LogP contribution is 2.38. The van der Waals surface area contributed by atoms with E-state index >= 15 is 0 Å². The van der Waals surface area contributed by atoms with Gasteiger partial charge in [0.2, 0.25) is 0 Å². The second-order valence-electron chi connectivity index (χ2n) is 3.98. The molecule has 1 N–H and O–H groups in total. The maximum absolute atomic E-state index is 6.22. The first-order chi connectivity index (χ1) is 9.54. The van der Waals surface area contributed by atoms with Crippen molar-refractivity contribution in [1.82, 2.24) is 4.98 Å². The highest BCUT2D eigenvalue weighted by Gasteiger charge is 2.11. The van der Waals surface area contributed by atoms with Crippen LogP contribution >= 0.6 is 66.4 Å². The SMILES string of the molecule is Clc1c(Br)ccc(Nc2nc3cc(Br)ccc3s2)c1Cl. The lowest BCUT2D eigenvalue weighted by Crippen LogP contribution is -1.90. The highest BCUT2D eigenvalue weighted by molar-refractivity contribution is 9.10. The molecule has 102 valence electrons. The van der Waals surface area contributed by atoms with Crippen molar-refractivity contribution in [2.45, 2.75) is 0 Å². The third-order valence-corrected chi connectivity index (χ3v) is 5.84. The maximum Gasteiger partial charge on any atom is 0.188 e. The van der Waals surface area contributed by atoms with Gasteiger partial charge in [-0.25, -0.2) is 4.98 Å². The van der Waals surface area contributed by atoms with Gasteiger partial charge in [0, 0.05) is 8.95 Å². The van der Waals surface area contributed by atoms with E-state index in [4.69, 9.17) is 23.2 Å². The summed E-state index contributed by atoms with van der Waals surface area (Å²) in [5.41, 5.74) is 1.67. The average Bonchev–Trinajstić information content (AvgIpc) is 2.81. The van der Waals surface area contributed by atoms with Crippen molar-refractivity contribution in [2.75, 3.05) is 5.32 Å². The second kappa shape index (κ2) is 5.81. The molecule has 3 rings (SSSR count). The van der Waals surface area contributed by atoms with Gasteiger partial charge in [-0.3, -0.25) is 0 Å². The van der Waals surface area contributed by atoms with Crippen LogP contribution in [0.2, 0.25) is 10.0 Å². The summed E-state index contributed by atoms with van der Waals surface area (Å²) in [5.74, 6) is 0. The average molecular weight is 453 g/mol. The Hall–Kier alpha value is -0.330. The molecule has 0 aliphatic rings. The molecule has 0 atom stereocenters. The molecular weight excluding hydrogens is 447 g/mol. The minimum Gasteiger partial charge on any atom is -0.330 e. The molecule has 1 aromatic heterocycles. The zero-order valence-corrected chi connectivity index (χ0v) is 15.3. The summed E-state index contributed by atoms with van der Waals surface area (Å²) >= 11 is 20.7.